The van der Waals surface area contributed by atoms with E-state index in [1.807, 2.05) is 31.3 Å². The SMILES string of the molecule is COc1cc(/C=C/C(=O)N(C)C2CCc3ccccc32)ccc1OCC#N. The molecule has 5 heteroatoms. The van der Waals surface area contributed by atoms with E-state index in [1.165, 1.54) is 11.1 Å². The minimum absolute atomic E-state index is 0.0412. The first-order valence-electron chi connectivity index (χ1n) is 8.84. The molecule has 0 aromatic heterocycles. The van der Waals surface area contributed by atoms with Gasteiger partial charge < -0.3 is 14.4 Å². The number of likely N-dealkylation sites (N-methyl/N-ethyl adjacent to an activating group) is 1. The molecule has 0 bridgehead atoms. The van der Waals surface area contributed by atoms with Gasteiger partial charge in [-0.05, 0) is 47.7 Å². The van der Waals surface area contributed by atoms with Crippen LogP contribution in [0.25, 0.3) is 6.08 Å². The summed E-state index contributed by atoms with van der Waals surface area (Å²) < 4.78 is 10.6. The number of nitriles is 1. The van der Waals surface area contributed by atoms with Crippen molar-refractivity contribution in [1.82, 2.24) is 4.90 Å². The first-order valence-corrected chi connectivity index (χ1v) is 8.84. The van der Waals surface area contributed by atoms with E-state index in [-0.39, 0.29) is 18.6 Å². The van der Waals surface area contributed by atoms with Gasteiger partial charge in [-0.1, -0.05) is 30.3 Å². The van der Waals surface area contributed by atoms with E-state index in [0.29, 0.717) is 11.5 Å². The normalized spacial score (nSPS) is 15.2. The van der Waals surface area contributed by atoms with Crippen molar-refractivity contribution in [3.05, 3.63) is 65.2 Å². The van der Waals surface area contributed by atoms with Crippen molar-refractivity contribution < 1.29 is 14.3 Å². The highest BCUT2D eigenvalue weighted by molar-refractivity contribution is 5.92. The number of aryl methyl sites for hydroxylation is 1. The molecule has 0 radical (unpaired) electrons. The quantitative estimate of drug-likeness (QED) is 0.734. The Kier molecular flexibility index (Phi) is 5.77. The Morgan fingerprint density at radius 1 is 1.30 bits per heavy atom. The van der Waals surface area contributed by atoms with Crippen LogP contribution in [0.4, 0.5) is 0 Å². The van der Waals surface area contributed by atoms with Crippen LogP contribution in [0.2, 0.25) is 0 Å². The molecule has 0 fully saturated rings. The van der Waals surface area contributed by atoms with Crippen LogP contribution in [0.1, 0.15) is 29.2 Å². The summed E-state index contributed by atoms with van der Waals surface area (Å²) in [5.41, 5.74) is 3.39. The topological polar surface area (TPSA) is 62.6 Å². The van der Waals surface area contributed by atoms with Gasteiger partial charge in [0.2, 0.25) is 5.91 Å². The molecule has 3 rings (SSSR count). The monoisotopic (exact) mass is 362 g/mol. The zero-order valence-electron chi connectivity index (χ0n) is 15.5. The number of rotatable bonds is 6. The van der Waals surface area contributed by atoms with Gasteiger partial charge in [-0.3, -0.25) is 4.79 Å². The predicted molar refractivity (Wildman–Crippen MR) is 103 cm³/mol. The molecule has 2 aromatic rings. The molecule has 1 atom stereocenters. The summed E-state index contributed by atoms with van der Waals surface area (Å²) in [5.74, 6) is 0.987. The Hall–Kier alpha value is -3.26. The molecule has 1 amide bonds. The molecule has 1 aliphatic rings. The molecule has 0 spiro atoms. The van der Waals surface area contributed by atoms with Crippen LogP contribution in [-0.2, 0) is 11.2 Å². The summed E-state index contributed by atoms with van der Waals surface area (Å²) in [6, 6.07) is 15.7. The Labute approximate surface area is 159 Å². The maximum absolute atomic E-state index is 12.6. The number of nitrogens with zero attached hydrogens (tertiary/aromatic N) is 2. The van der Waals surface area contributed by atoms with Gasteiger partial charge in [0.1, 0.15) is 6.07 Å². The molecule has 0 aliphatic heterocycles. The fraction of sp³-hybridized carbons (Fsp3) is 0.273. The summed E-state index contributed by atoms with van der Waals surface area (Å²) in [6.07, 6.45) is 5.29. The van der Waals surface area contributed by atoms with Crippen LogP contribution >= 0.6 is 0 Å². The minimum Gasteiger partial charge on any atom is -0.493 e. The number of benzene rings is 2. The average Bonchev–Trinajstić information content (AvgIpc) is 3.14. The van der Waals surface area contributed by atoms with E-state index in [2.05, 4.69) is 12.1 Å². The van der Waals surface area contributed by atoms with Crippen molar-refractivity contribution in [2.75, 3.05) is 20.8 Å². The smallest absolute Gasteiger partial charge is 0.246 e. The summed E-state index contributed by atoms with van der Waals surface area (Å²) >= 11 is 0. The minimum atomic E-state index is -0.0440. The van der Waals surface area contributed by atoms with Crippen LogP contribution < -0.4 is 9.47 Å². The van der Waals surface area contributed by atoms with E-state index in [0.717, 1.165) is 18.4 Å². The van der Waals surface area contributed by atoms with Gasteiger partial charge in [-0.2, -0.15) is 5.26 Å². The molecule has 138 valence electrons. The number of hydrogen-bond acceptors (Lipinski definition) is 4. The lowest BCUT2D eigenvalue weighted by atomic mass is 10.1. The third-order valence-electron chi connectivity index (χ3n) is 4.81. The molecule has 1 unspecified atom stereocenters. The molecule has 0 heterocycles. The van der Waals surface area contributed by atoms with Crippen molar-refractivity contribution >= 4 is 12.0 Å². The Morgan fingerprint density at radius 3 is 2.89 bits per heavy atom. The maximum Gasteiger partial charge on any atom is 0.246 e. The molecule has 2 aromatic carbocycles. The summed E-state index contributed by atoms with van der Waals surface area (Å²) in [4.78, 5) is 14.4. The third-order valence-corrected chi connectivity index (χ3v) is 4.81. The fourth-order valence-electron chi connectivity index (χ4n) is 3.39. The number of hydrogen-bond donors (Lipinski definition) is 0. The van der Waals surface area contributed by atoms with Crippen molar-refractivity contribution in [2.45, 2.75) is 18.9 Å². The van der Waals surface area contributed by atoms with Crippen molar-refractivity contribution in [1.29, 1.82) is 5.26 Å². The van der Waals surface area contributed by atoms with Crippen LogP contribution in [-0.4, -0.2) is 31.6 Å². The summed E-state index contributed by atoms with van der Waals surface area (Å²) in [7, 11) is 3.39. The van der Waals surface area contributed by atoms with Gasteiger partial charge in [-0.15, -0.1) is 0 Å². The Morgan fingerprint density at radius 2 is 2.11 bits per heavy atom. The van der Waals surface area contributed by atoms with Crippen molar-refractivity contribution in [3.63, 3.8) is 0 Å². The van der Waals surface area contributed by atoms with Crippen LogP contribution in [0.5, 0.6) is 11.5 Å². The van der Waals surface area contributed by atoms with Gasteiger partial charge >= 0.3 is 0 Å². The lowest BCUT2D eigenvalue weighted by Crippen LogP contribution is -2.28. The number of carbonyl (C=O) groups excluding carboxylic acids is 1. The highest BCUT2D eigenvalue weighted by atomic mass is 16.5. The molecule has 0 N–H and O–H groups in total. The second-order valence-electron chi connectivity index (χ2n) is 6.39. The van der Waals surface area contributed by atoms with Crippen molar-refractivity contribution in [2.24, 2.45) is 0 Å². The second-order valence-corrected chi connectivity index (χ2v) is 6.39. The van der Waals surface area contributed by atoms with Gasteiger partial charge in [0.15, 0.2) is 18.1 Å². The van der Waals surface area contributed by atoms with E-state index >= 15 is 0 Å². The largest absolute Gasteiger partial charge is 0.493 e. The van der Waals surface area contributed by atoms with Gasteiger partial charge in [0, 0.05) is 13.1 Å². The third kappa shape index (κ3) is 4.12. The van der Waals surface area contributed by atoms with E-state index < -0.39 is 0 Å². The lowest BCUT2D eigenvalue weighted by molar-refractivity contribution is -0.126. The zero-order chi connectivity index (χ0) is 19.2. The molecule has 5 nitrogen and oxygen atoms in total. The summed E-state index contributed by atoms with van der Waals surface area (Å²) in [6.45, 7) is -0.0440. The highest BCUT2D eigenvalue weighted by Gasteiger charge is 2.27. The average molecular weight is 362 g/mol. The lowest BCUT2D eigenvalue weighted by Gasteiger charge is -2.24. The van der Waals surface area contributed by atoms with Crippen LogP contribution in [0.3, 0.4) is 0 Å². The van der Waals surface area contributed by atoms with Gasteiger partial charge in [-0.25, -0.2) is 0 Å². The predicted octanol–water partition coefficient (Wildman–Crippen LogP) is 3.76. The maximum atomic E-state index is 12.6. The number of amides is 1. The van der Waals surface area contributed by atoms with Crippen LogP contribution in [0, 0.1) is 11.3 Å². The Balaban J connectivity index is 1.70. The van der Waals surface area contributed by atoms with Gasteiger partial charge in [0.05, 0.1) is 13.2 Å². The molecular formula is C22H22N2O3. The van der Waals surface area contributed by atoms with E-state index in [1.54, 1.807) is 36.3 Å². The van der Waals surface area contributed by atoms with Crippen molar-refractivity contribution in [3.8, 4) is 17.6 Å². The van der Waals surface area contributed by atoms with Crippen LogP contribution in [0.15, 0.2) is 48.5 Å². The van der Waals surface area contributed by atoms with Gasteiger partial charge in [0.25, 0.3) is 0 Å². The van der Waals surface area contributed by atoms with E-state index in [9.17, 15) is 4.79 Å². The zero-order valence-corrected chi connectivity index (χ0v) is 15.5. The summed E-state index contributed by atoms with van der Waals surface area (Å²) in [5, 5.41) is 8.63. The fourth-order valence-corrected chi connectivity index (χ4v) is 3.39. The molecule has 27 heavy (non-hydrogen) atoms. The molecular weight excluding hydrogens is 340 g/mol. The molecule has 0 saturated carbocycles. The standard InChI is InChI=1S/C22H22N2O3/c1-24(19-10-9-17-5-3-4-6-18(17)19)22(25)12-8-16-7-11-20(27-14-13-23)21(15-16)26-2/h3-8,11-12,15,19H,9-10,14H2,1-2H3/b12-8+. The first-order chi connectivity index (χ1) is 13.1. The Bertz CT molecular complexity index is 899. The molecule has 0 saturated heterocycles. The first kappa shape index (κ1) is 18.5. The van der Waals surface area contributed by atoms with E-state index in [4.69, 9.17) is 14.7 Å². The second kappa shape index (κ2) is 8.41. The molecule has 1 aliphatic carbocycles. The highest BCUT2D eigenvalue weighted by Crippen LogP contribution is 2.35. The number of ether oxygens (including phenoxy) is 2. The number of fused-ring (bicyclic) bond motifs is 1. The number of methoxy groups -OCH3 is 1. The number of carbonyl (C=O) groups is 1.